The van der Waals surface area contributed by atoms with Gasteiger partial charge in [-0.3, -0.25) is 0 Å². The highest BCUT2D eigenvalue weighted by molar-refractivity contribution is 7.26. The molecule has 0 bridgehead atoms. The fourth-order valence-electron chi connectivity index (χ4n) is 7.31. The summed E-state index contributed by atoms with van der Waals surface area (Å²) in [6.45, 7) is 6.59. The smallest absolute Gasteiger partial charge is 0.138 e. The van der Waals surface area contributed by atoms with E-state index in [1.165, 1.54) is 69.9 Å². The molecule has 0 N–H and O–H groups in total. The Labute approximate surface area is 285 Å². The van der Waals surface area contributed by atoms with E-state index in [0.29, 0.717) is 0 Å². The third-order valence-corrected chi connectivity index (χ3v) is 11.1. The van der Waals surface area contributed by atoms with Gasteiger partial charge >= 0.3 is 0 Å². The summed E-state index contributed by atoms with van der Waals surface area (Å²) in [5.41, 5.74) is 11.4. The highest BCUT2D eigenvalue weighted by Gasteiger charge is 2.40. The summed E-state index contributed by atoms with van der Waals surface area (Å²) in [7, 11) is 0. The second kappa shape index (κ2) is 12.3. The van der Waals surface area contributed by atoms with E-state index in [9.17, 15) is 0 Å². The van der Waals surface area contributed by atoms with Crippen LogP contribution >= 0.6 is 11.3 Å². The Bertz CT molecular complexity index is 2390. The molecule has 0 saturated heterocycles. The van der Waals surface area contributed by atoms with Crippen molar-refractivity contribution in [2.75, 3.05) is 0 Å². The van der Waals surface area contributed by atoms with Crippen molar-refractivity contribution in [1.29, 1.82) is 0 Å². The van der Waals surface area contributed by atoms with Gasteiger partial charge in [-0.25, -0.2) is 0 Å². The third-order valence-electron chi connectivity index (χ3n) is 9.78. The van der Waals surface area contributed by atoms with Gasteiger partial charge in [0, 0.05) is 36.4 Å². The van der Waals surface area contributed by atoms with Crippen molar-refractivity contribution in [3.05, 3.63) is 192 Å². The molecular formula is C46H36OS. The number of hydrogen-bond acceptors (Lipinski definition) is 2. The van der Waals surface area contributed by atoms with Crippen LogP contribution in [0.1, 0.15) is 34.7 Å². The molecule has 0 atom stereocenters. The van der Waals surface area contributed by atoms with E-state index < -0.39 is 0 Å². The highest BCUT2D eigenvalue weighted by atomic mass is 32.1. The van der Waals surface area contributed by atoms with Gasteiger partial charge < -0.3 is 4.42 Å². The fourth-order valence-corrected chi connectivity index (χ4v) is 8.48. The van der Waals surface area contributed by atoms with Crippen LogP contribution in [-0.2, 0) is 5.41 Å². The second-order valence-electron chi connectivity index (χ2n) is 12.7. The summed E-state index contributed by atoms with van der Waals surface area (Å²) >= 11 is 1.89. The van der Waals surface area contributed by atoms with Gasteiger partial charge in [0.05, 0.1) is 0 Å². The van der Waals surface area contributed by atoms with Crippen molar-refractivity contribution in [2.24, 2.45) is 0 Å². The fraction of sp³-hybridized carbons (Fsp3) is 0.0870. The zero-order valence-corrected chi connectivity index (χ0v) is 28.2. The van der Waals surface area contributed by atoms with Crippen LogP contribution in [0.4, 0.5) is 0 Å². The lowest BCUT2D eigenvalue weighted by molar-refractivity contribution is 0.666. The largest absolute Gasteiger partial charge is 0.456 e. The van der Waals surface area contributed by atoms with Crippen molar-refractivity contribution < 1.29 is 4.42 Å². The van der Waals surface area contributed by atoms with E-state index >= 15 is 0 Å². The maximum atomic E-state index is 5.78. The first kappa shape index (κ1) is 29.9. The molecule has 0 amide bonds. The average Bonchev–Trinajstić information content (AvgIpc) is 3.80. The van der Waals surface area contributed by atoms with Gasteiger partial charge in [-0.1, -0.05) is 152 Å². The van der Waals surface area contributed by atoms with Gasteiger partial charge in [0.1, 0.15) is 11.2 Å². The molecule has 2 heteroatoms. The Balaban J connectivity index is 0.000000108. The summed E-state index contributed by atoms with van der Waals surface area (Å²) in [6, 6.07) is 57.9. The Hall–Kier alpha value is -5.44. The third kappa shape index (κ3) is 5.01. The molecule has 0 unspecified atom stereocenters. The number of hydrogen-bond donors (Lipinski definition) is 0. The number of benzene rings is 7. The van der Waals surface area contributed by atoms with Crippen LogP contribution < -0.4 is 0 Å². The zero-order valence-electron chi connectivity index (χ0n) is 27.4. The molecule has 7 aromatic carbocycles. The van der Waals surface area contributed by atoms with Gasteiger partial charge in [-0.2, -0.15) is 0 Å². The number of furan rings is 1. The van der Waals surface area contributed by atoms with Crippen molar-refractivity contribution >= 4 is 53.4 Å². The molecule has 0 saturated carbocycles. The first-order valence-electron chi connectivity index (χ1n) is 16.5. The lowest BCUT2D eigenvalue weighted by Crippen LogP contribution is -2.22. The standard InChI is InChI=1S/C20H16.C13H10O.C13H10S/c1-20(15-9-3-2-4-10-15)18-13-7-5-11-16(18)17-12-6-8-14-19(17)20;2*1-9-5-4-7-11-10-6-2-3-8-12(10)14-13(9)11/h2-14H,1H3;2*2-8H,1H3. The minimum Gasteiger partial charge on any atom is -0.456 e. The molecule has 2 heterocycles. The first-order chi connectivity index (χ1) is 23.5. The molecule has 1 aliphatic rings. The quantitative estimate of drug-likeness (QED) is 0.175. The van der Waals surface area contributed by atoms with Gasteiger partial charge in [0.25, 0.3) is 0 Å². The maximum absolute atomic E-state index is 5.78. The minimum atomic E-state index is -0.0472. The van der Waals surface area contributed by atoms with Crippen LogP contribution in [0.15, 0.2) is 168 Å². The Kier molecular flexibility index (Phi) is 7.67. The molecular weight excluding hydrogens is 601 g/mol. The molecule has 0 spiro atoms. The van der Waals surface area contributed by atoms with Crippen LogP contribution in [0.3, 0.4) is 0 Å². The molecule has 2 aromatic heterocycles. The average molecular weight is 637 g/mol. The molecule has 0 fully saturated rings. The molecule has 9 aromatic rings. The van der Waals surface area contributed by atoms with Crippen LogP contribution in [-0.4, -0.2) is 0 Å². The Morgan fingerprint density at radius 2 is 1.00 bits per heavy atom. The molecule has 48 heavy (non-hydrogen) atoms. The van der Waals surface area contributed by atoms with Crippen LogP contribution in [0, 0.1) is 13.8 Å². The molecule has 10 rings (SSSR count). The van der Waals surface area contributed by atoms with Gasteiger partial charge in [-0.15, -0.1) is 11.3 Å². The summed E-state index contributed by atoms with van der Waals surface area (Å²) < 4.78 is 8.59. The van der Waals surface area contributed by atoms with E-state index in [4.69, 9.17) is 4.42 Å². The lowest BCUT2D eigenvalue weighted by atomic mass is 9.74. The summed E-state index contributed by atoms with van der Waals surface area (Å²) in [5.74, 6) is 0. The lowest BCUT2D eigenvalue weighted by Gasteiger charge is -2.28. The van der Waals surface area contributed by atoms with E-state index in [-0.39, 0.29) is 5.41 Å². The van der Waals surface area contributed by atoms with Crippen molar-refractivity contribution in [2.45, 2.75) is 26.2 Å². The zero-order chi connectivity index (χ0) is 32.7. The van der Waals surface area contributed by atoms with Gasteiger partial charge in [-0.05, 0) is 71.8 Å². The summed E-state index contributed by atoms with van der Waals surface area (Å²) in [6.07, 6.45) is 0. The molecule has 0 aliphatic heterocycles. The summed E-state index contributed by atoms with van der Waals surface area (Å²) in [5, 5.41) is 5.19. The van der Waals surface area contributed by atoms with Crippen LogP contribution in [0.5, 0.6) is 0 Å². The van der Waals surface area contributed by atoms with Crippen molar-refractivity contribution in [3.8, 4) is 11.1 Å². The van der Waals surface area contributed by atoms with Gasteiger partial charge in [0.2, 0.25) is 0 Å². The number of thiophene rings is 1. The second-order valence-corrected chi connectivity index (χ2v) is 13.7. The number of rotatable bonds is 1. The predicted octanol–water partition coefficient (Wildman–Crippen LogP) is 13.3. The van der Waals surface area contributed by atoms with Gasteiger partial charge in [0.15, 0.2) is 0 Å². The first-order valence-corrected chi connectivity index (χ1v) is 17.3. The van der Waals surface area contributed by atoms with Crippen molar-refractivity contribution in [3.63, 3.8) is 0 Å². The number of para-hydroxylation sites is 2. The summed E-state index contributed by atoms with van der Waals surface area (Å²) in [4.78, 5) is 0. The maximum Gasteiger partial charge on any atom is 0.138 e. The molecule has 1 aliphatic carbocycles. The van der Waals surface area contributed by atoms with E-state index in [1.807, 2.05) is 29.5 Å². The molecule has 0 radical (unpaired) electrons. The Morgan fingerprint density at radius 1 is 0.458 bits per heavy atom. The highest BCUT2D eigenvalue weighted by Crippen LogP contribution is 2.51. The van der Waals surface area contributed by atoms with E-state index in [2.05, 4.69) is 166 Å². The molecule has 232 valence electrons. The van der Waals surface area contributed by atoms with E-state index in [1.54, 1.807) is 0 Å². The topological polar surface area (TPSA) is 13.1 Å². The minimum absolute atomic E-state index is 0.0472. The SMILES string of the molecule is CC1(c2ccccc2)c2ccccc2-c2ccccc21.Cc1cccc2c1oc1ccccc12.Cc1cccc2c1sc1ccccc12. The monoisotopic (exact) mass is 636 g/mol. The van der Waals surface area contributed by atoms with Crippen LogP contribution in [0.25, 0.3) is 53.2 Å². The predicted molar refractivity (Wildman–Crippen MR) is 206 cm³/mol. The molecule has 1 nitrogen and oxygen atoms in total. The van der Waals surface area contributed by atoms with Crippen molar-refractivity contribution in [1.82, 2.24) is 0 Å². The number of aryl methyl sites for hydroxylation is 2. The number of fused-ring (bicyclic) bond motifs is 9. The van der Waals surface area contributed by atoms with Crippen LogP contribution in [0.2, 0.25) is 0 Å². The normalized spacial score (nSPS) is 12.6. The van der Waals surface area contributed by atoms with E-state index in [0.717, 1.165) is 11.2 Å². The Morgan fingerprint density at radius 3 is 1.73 bits per heavy atom.